The second kappa shape index (κ2) is 8.93. The van der Waals surface area contributed by atoms with Crippen molar-refractivity contribution in [2.45, 2.75) is 32.3 Å². The SMILES string of the molecule is CCC(=O)N1CCCc2cc([C@H](O)CN3CCN(c4ccccn4)CC3)ccc21. The van der Waals surface area contributed by atoms with Crippen LogP contribution in [0.4, 0.5) is 11.5 Å². The third kappa shape index (κ3) is 4.43. The number of piperazine rings is 1. The third-order valence-electron chi connectivity index (χ3n) is 5.99. The summed E-state index contributed by atoms with van der Waals surface area (Å²) < 4.78 is 0. The van der Waals surface area contributed by atoms with E-state index in [0.717, 1.165) is 62.6 Å². The van der Waals surface area contributed by atoms with Crippen LogP contribution in [0.3, 0.4) is 0 Å². The smallest absolute Gasteiger partial charge is 0.226 e. The largest absolute Gasteiger partial charge is 0.387 e. The number of hydrogen-bond acceptors (Lipinski definition) is 5. The predicted molar refractivity (Wildman–Crippen MR) is 115 cm³/mol. The fourth-order valence-corrected chi connectivity index (χ4v) is 4.32. The van der Waals surface area contributed by atoms with E-state index >= 15 is 0 Å². The summed E-state index contributed by atoms with van der Waals surface area (Å²) in [5.41, 5.74) is 3.14. The minimum atomic E-state index is -0.515. The Morgan fingerprint density at radius 1 is 1.14 bits per heavy atom. The van der Waals surface area contributed by atoms with Gasteiger partial charge in [-0.3, -0.25) is 9.69 Å². The Morgan fingerprint density at radius 2 is 1.97 bits per heavy atom. The molecule has 6 nitrogen and oxygen atoms in total. The van der Waals surface area contributed by atoms with Crippen LogP contribution < -0.4 is 9.80 Å². The topological polar surface area (TPSA) is 59.9 Å². The lowest BCUT2D eigenvalue weighted by molar-refractivity contribution is -0.118. The highest BCUT2D eigenvalue weighted by Crippen LogP contribution is 2.30. The lowest BCUT2D eigenvalue weighted by Gasteiger charge is -2.36. The number of aliphatic hydroxyl groups is 1. The zero-order valence-electron chi connectivity index (χ0n) is 17.1. The van der Waals surface area contributed by atoms with Gasteiger partial charge in [0.25, 0.3) is 0 Å². The van der Waals surface area contributed by atoms with E-state index in [0.29, 0.717) is 13.0 Å². The maximum absolute atomic E-state index is 12.2. The molecule has 1 fully saturated rings. The maximum Gasteiger partial charge on any atom is 0.226 e. The van der Waals surface area contributed by atoms with Gasteiger partial charge in [0.05, 0.1) is 6.10 Å². The van der Waals surface area contributed by atoms with Crippen LogP contribution >= 0.6 is 0 Å². The first-order valence-electron chi connectivity index (χ1n) is 10.7. The molecule has 0 radical (unpaired) electrons. The number of rotatable bonds is 5. The zero-order chi connectivity index (χ0) is 20.2. The van der Waals surface area contributed by atoms with Gasteiger partial charge < -0.3 is 14.9 Å². The van der Waals surface area contributed by atoms with Gasteiger partial charge in [-0.1, -0.05) is 25.1 Å². The van der Waals surface area contributed by atoms with Gasteiger partial charge in [-0.25, -0.2) is 4.98 Å². The lowest BCUT2D eigenvalue weighted by atomic mass is 9.96. The Balaban J connectivity index is 1.37. The number of hydrogen-bond donors (Lipinski definition) is 1. The molecule has 2 aliphatic heterocycles. The number of carbonyl (C=O) groups excluding carboxylic acids is 1. The monoisotopic (exact) mass is 394 g/mol. The summed E-state index contributed by atoms with van der Waals surface area (Å²) in [6.07, 6.45) is 3.78. The first-order chi connectivity index (χ1) is 14.2. The molecule has 0 bridgehead atoms. The summed E-state index contributed by atoms with van der Waals surface area (Å²) in [6, 6.07) is 12.1. The molecular formula is C23H30N4O2. The van der Waals surface area contributed by atoms with Gasteiger partial charge in [-0.2, -0.15) is 0 Å². The van der Waals surface area contributed by atoms with Crippen LogP contribution in [0.15, 0.2) is 42.6 Å². The Morgan fingerprint density at radius 3 is 2.69 bits per heavy atom. The highest BCUT2D eigenvalue weighted by atomic mass is 16.3. The molecule has 154 valence electrons. The molecule has 6 heteroatoms. The van der Waals surface area contributed by atoms with Gasteiger partial charge in [-0.15, -0.1) is 0 Å². The van der Waals surface area contributed by atoms with Crippen molar-refractivity contribution in [3.63, 3.8) is 0 Å². The van der Waals surface area contributed by atoms with Gasteiger partial charge >= 0.3 is 0 Å². The van der Waals surface area contributed by atoms with Crippen LogP contribution in [-0.2, 0) is 11.2 Å². The number of β-amino-alcohol motifs (C(OH)–C–C–N with tert-alkyl or cyclic N) is 1. The second-order valence-corrected chi connectivity index (χ2v) is 7.88. The molecule has 0 saturated carbocycles. The fraction of sp³-hybridized carbons (Fsp3) is 0.478. The fourth-order valence-electron chi connectivity index (χ4n) is 4.32. The van der Waals surface area contributed by atoms with E-state index in [1.807, 2.05) is 48.4 Å². The van der Waals surface area contributed by atoms with Crippen LogP contribution in [-0.4, -0.2) is 60.2 Å². The van der Waals surface area contributed by atoms with Crippen molar-refractivity contribution in [3.05, 3.63) is 53.7 Å². The molecule has 1 atom stereocenters. The van der Waals surface area contributed by atoms with Crippen molar-refractivity contribution in [3.8, 4) is 0 Å². The molecule has 2 aliphatic rings. The van der Waals surface area contributed by atoms with Crippen LogP contribution in [0.1, 0.15) is 37.0 Å². The van der Waals surface area contributed by atoms with Gasteiger partial charge in [0.15, 0.2) is 0 Å². The minimum absolute atomic E-state index is 0.171. The Bertz CT molecular complexity index is 834. The number of pyridine rings is 1. The van der Waals surface area contributed by atoms with E-state index in [1.165, 1.54) is 5.56 Å². The highest BCUT2D eigenvalue weighted by Gasteiger charge is 2.24. The van der Waals surface area contributed by atoms with E-state index < -0.39 is 6.10 Å². The van der Waals surface area contributed by atoms with Crippen molar-refractivity contribution >= 4 is 17.4 Å². The van der Waals surface area contributed by atoms with E-state index in [-0.39, 0.29) is 5.91 Å². The molecule has 0 aliphatic carbocycles. The summed E-state index contributed by atoms with van der Waals surface area (Å²) >= 11 is 0. The normalized spacial score (nSPS) is 18.4. The predicted octanol–water partition coefficient (Wildman–Crippen LogP) is 2.63. The quantitative estimate of drug-likeness (QED) is 0.845. The molecule has 2 aromatic rings. The Hall–Kier alpha value is -2.44. The third-order valence-corrected chi connectivity index (χ3v) is 5.99. The van der Waals surface area contributed by atoms with Gasteiger partial charge in [0, 0.05) is 57.6 Å². The van der Waals surface area contributed by atoms with E-state index in [9.17, 15) is 9.90 Å². The minimum Gasteiger partial charge on any atom is -0.387 e. The molecule has 1 aromatic heterocycles. The molecule has 1 amide bonds. The lowest BCUT2D eigenvalue weighted by Crippen LogP contribution is -2.47. The summed E-state index contributed by atoms with van der Waals surface area (Å²) in [5.74, 6) is 1.19. The molecule has 0 unspecified atom stereocenters. The van der Waals surface area contributed by atoms with Crippen molar-refractivity contribution in [2.75, 3.05) is 49.1 Å². The van der Waals surface area contributed by atoms with Gasteiger partial charge in [0.1, 0.15) is 5.82 Å². The number of aliphatic hydroxyl groups excluding tert-OH is 1. The first-order valence-corrected chi connectivity index (χ1v) is 10.7. The average Bonchev–Trinajstić information content (AvgIpc) is 2.78. The standard InChI is InChI=1S/C23H30N4O2/c1-2-23(29)27-11-5-6-18-16-19(8-9-20(18)27)21(28)17-25-12-14-26(15-13-25)22-7-3-4-10-24-22/h3-4,7-10,16,21,28H,2,5-6,11-15,17H2,1H3/t21-/m1/s1. The number of nitrogens with zero attached hydrogens (tertiary/aromatic N) is 4. The number of amides is 1. The number of anilines is 2. The molecular weight excluding hydrogens is 364 g/mol. The van der Waals surface area contributed by atoms with Crippen molar-refractivity contribution in [1.82, 2.24) is 9.88 Å². The van der Waals surface area contributed by atoms with Crippen LogP contribution in [0.5, 0.6) is 0 Å². The van der Waals surface area contributed by atoms with Gasteiger partial charge in [0.2, 0.25) is 5.91 Å². The average molecular weight is 395 g/mol. The first kappa shape index (κ1) is 19.9. The number of carbonyl (C=O) groups is 1. The molecule has 1 saturated heterocycles. The van der Waals surface area contributed by atoms with Crippen molar-refractivity contribution in [1.29, 1.82) is 0 Å². The molecule has 1 N–H and O–H groups in total. The maximum atomic E-state index is 12.2. The van der Waals surface area contributed by atoms with E-state index in [1.54, 1.807) is 0 Å². The summed E-state index contributed by atoms with van der Waals surface area (Å²) in [6.45, 7) is 7.00. The molecule has 29 heavy (non-hydrogen) atoms. The van der Waals surface area contributed by atoms with Crippen molar-refractivity contribution < 1.29 is 9.90 Å². The molecule has 4 rings (SSSR count). The van der Waals surface area contributed by atoms with Crippen LogP contribution in [0.2, 0.25) is 0 Å². The van der Waals surface area contributed by atoms with Crippen LogP contribution in [0.25, 0.3) is 0 Å². The summed E-state index contributed by atoms with van der Waals surface area (Å²) in [5, 5.41) is 10.8. The molecule has 1 aromatic carbocycles. The molecule has 0 spiro atoms. The zero-order valence-corrected chi connectivity index (χ0v) is 17.1. The highest BCUT2D eigenvalue weighted by molar-refractivity contribution is 5.94. The summed E-state index contributed by atoms with van der Waals surface area (Å²) in [7, 11) is 0. The number of aromatic nitrogens is 1. The van der Waals surface area contributed by atoms with Gasteiger partial charge in [-0.05, 0) is 42.2 Å². The number of fused-ring (bicyclic) bond motifs is 1. The van der Waals surface area contributed by atoms with Crippen molar-refractivity contribution in [2.24, 2.45) is 0 Å². The van der Waals surface area contributed by atoms with Crippen LogP contribution in [0, 0.1) is 0 Å². The van der Waals surface area contributed by atoms with E-state index in [4.69, 9.17) is 0 Å². The Labute approximate surface area is 172 Å². The summed E-state index contributed by atoms with van der Waals surface area (Å²) in [4.78, 5) is 23.1. The van der Waals surface area contributed by atoms with E-state index in [2.05, 4.69) is 20.9 Å². The Kier molecular flexibility index (Phi) is 6.11. The number of aryl methyl sites for hydroxylation is 1. The second-order valence-electron chi connectivity index (χ2n) is 7.88. The number of benzene rings is 1. The molecule has 3 heterocycles.